The molecule has 0 radical (unpaired) electrons. The lowest BCUT2D eigenvalue weighted by Gasteiger charge is -2.32. The van der Waals surface area contributed by atoms with Gasteiger partial charge in [0, 0.05) is 37.9 Å². The summed E-state index contributed by atoms with van der Waals surface area (Å²) in [6, 6.07) is 13.9. The molecule has 1 aromatic carbocycles. The lowest BCUT2D eigenvalue weighted by atomic mass is 10.1. The van der Waals surface area contributed by atoms with Crippen molar-refractivity contribution in [3.8, 4) is 11.5 Å². The third-order valence-electron chi connectivity index (χ3n) is 7.03. The molecule has 5 heterocycles. The van der Waals surface area contributed by atoms with Crippen LogP contribution in [0.5, 0.6) is 11.5 Å². The number of carbonyl (C=O) groups excluding carboxylic acids is 3. The van der Waals surface area contributed by atoms with Crippen LogP contribution >= 0.6 is 11.3 Å². The summed E-state index contributed by atoms with van der Waals surface area (Å²) in [4.78, 5) is 52.6. The molecule has 1 fully saturated rings. The van der Waals surface area contributed by atoms with E-state index >= 15 is 0 Å². The van der Waals surface area contributed by atoms with Crippen molar-refractivity contribution in [2.24, 2.45) is 0 Å². The van der Waals surface area contributed by atoms with E-state index in [0.29, 0.717) is 63.4 Å². The van der Waals surface area contributed by atoms with Crippen molar-refractivity contribution >= 4 is 56.6 Å². The largest absolute Gasteiger partial charge is 0.456 e. The number of thiophene rings is 1. The highest BCUT2D eigenvalue weighted by Crippen LogP contribution is 2.45. The number of piperidine rings is 1. The summed E-state index contributed by atoms with van der Waals surface area (Å²) in [7, 11) is 1.82. The Morgan fingerprint density at radius 3 is 2.79 bits per heavy atom. The summed E-state index contributed by atoms with van der Waals surface area (Å²) in [6.07, 6.45) is 8.06. The van der Waals surface area contributed by atoms with Gasteiger partial charge in [-0.25, -0.2) is 19.7 Å². The number of benzene rings is 1. The molecule has 1 atom stereocenters. The average molecular weight is 584 g/mol. The molecule has 11 nitrogen and oxygen atoms in total. The predicted molar refractivity (Wildman–Crippen MR) is 162 cm³/mol. The second-order valence-electron chi connectivity index (χ2n) is 9.91. The molecule has 0 spiro atoms. The highest BCUT2D eigenvalue weighted by atomic mass is 32.1. The molecule has 12 heteroatoms. The number of hydrogen-bond acceptors (Lipinski definition) is 8. The van der Waals surface area contributed by atoms with Gasteiger partial charge in [-0.2, -0.15) is 0 Å². The fourth-order valence-electron chi connectivity index (χ4n) is 5.09. The number of para-hydroxylation sites is 1. The maximum absolute atomic E-state index is 13.5. The molecular formula is C30H29N7O4S. The summed E-state index contributed by atoms with van der Waals surface area (Å²) in [6.45, 7) is 1.68. The summed E-state index contributed by atoms with van der Waals surface area (Å²) in [5.41, 5.74) is 1.01. The summed E-state index contributed by atoms with van der Waals surface area (Å²) >= 11 is 1.22. The number of rotatable bonds is 8. The number of pyridine rings is 2. The topological polar surface area (TPSA) is 129 Å². The predicted octanol–water partition coefficient (Wildman–Crippen LogP) is 4.66. The Morgan fingerprint density at radius 1 is 1.14 bits per heavy atom. The summed E-state index contributed by atoms with van der Waals surface area (Å²) in [5, 5.41) is 9.62. The number of ether oxygens (including phenoxy) is 1. The molecule has 214 valence electrons. The van der Waals surface area contributed by atoms with Crippen molar-refractivity contribution < 1.29 is 19.1 Å². The normalized spacial score (nSPS) is 16.5. The van der Waals surface area contributed by atoms with Crippen LogP contribution in [-0.4, -0.2) is 65.4 Å². The molecule has 0 bridgehead atoms. The second kappa shape index (κ2) is 12.0. The van der Waals surface area contributed by atoms with Gasteiger partial charge in [0.25, 0.3) is 5.91 Å². The number of nitrogens with one attached hydrogen (secondary N) is 3. The van der Waals surface area contributed by atoms with Crippen LogP contribution in [0.2, 0.25) is 0 Å². The number of nitrogens with zero attached hydrogens (tertiary/aromatic N) is 4. The van der Waals surface area contributed by atoms with Crippen LogP contribution in [0.3, 0.4) is 0 Å². The Kier molecular flexibility index (Phi) is 7.80. The number of amides is 4. The van der Waals surface area contributed by atoms with Gasteiger partial charge in [-0.3, -0.25) is 9.59 Å². The van der Waals surface area contributed by atoms with Crippen LogP contribution in [0.1, 0.15) is 22.5 Å². The average Bonchev–Trinajstić information content (AvgIpc) is 3.38. The number of carbonyl (C=O) groups is 3. The van der Waals surface area contributed by atoms with Crippen LogP contribution in [0.15, 0.2) is 73.1 Å². The molecule has 1 saturated heterocycles. The maximum Gasteiger partial charge on any atom is 0.332 e. The highest BCUT2D eigenvalue weighted by Gasteiger charge is 2.34. The lowest BCUT2D eigenvalue weighted by Crippen LogP contribution is -2.49. The van der Waals surface area contributed by atoms with Crippen molar-refractivity contribution in [2.45, 2.75) is 18.9 Å². The molecule has 0 saturated carbocycles. The Labute approximate surface area is 246 Å². The Bertz CT molecular complexity index is 1660. The molecule has 6 rings (SSSR count). The van der Waals surface area contributed by atoms with Crippen molar-refractivity contribution in [3.63, 3.8) is 0 Å². The first-order valence-corrected chi connectivity index (χ1v) is 14.5. The van der Waals surface area contributed by atoms with E-state index in [1.54, 1.807) is 47.6 Å². The molecule has 3 aromatic heterocycles. The first-order chi connectivity index (χ1) is 20.5. The minimum Gasteiger partial charge on any atom is -0.456 e. The highest BCUT2D eigenvalue weighted by molar-refractivity contribution is 7.21. The minimum atomic E-state index is -0.436. The maximum atomic E-state index is 13.5. The van der Waals surface area contributed by atoms with E-state index in [0.717, 1.165) is 12.8 Å². The quantitative estimate of drug-likeness (QED) is 0.257. The van der Waals surface area contributed by atoms with Crippen LogP contribution in [-0.2, 0) is 4.79 Å². The number of urea groups is 1. The Hall–Kier alpha value is -4.81. The number of likely N-dealkylation sites (tertiary alicyclic amines) is 1. The van der Waals surface area contributed by atoms with Crippen LogP contribution < -0.4 is 25.6 Å². The van der Waals surface area contributed by atoms with Crippen LogP contribution in [0.25, 0.3) is 10.2 Å². The van der Waals surface area contributed by atoms with Crippen molar-refractivity contribution in [1.82, 2.24) is 25.5 Å². The summed E-state index contributed by atoms with van der Waals surface area (Å²) in [5.74, 6) is 1.24. The van der Waals surface area contributed by atoms with E-state index in [1.807, 2.05) is 37.4 Å². The van der Waals surface area contributed by atoms with Gasteiger partial charge in [0.05, 0.1) is 23.0 Å². The van der Waals surface area contributed by atoms with Gasteiger partial charge in [0.1, 0.15) is 27.0 Å². The zero-order chi connectivity index (χ0) is 29.1. The van der Waals surface area contributed by atoms with Gasteiger partial charge >= 0.3 is 6.03 Å². The molecular weight excluding hydrogens is 554 g/mol. The first-order valence-electron chi connectivity index (χ1n) is 13.6. The van der Waals surface area contributed by atoms with Crippen LogP contribution in [0, 0.1) is 0 Å². The first kappa shape index (κ1) is 27.4. The van der Waals surface area contributed by atoms with Crippen molar-refractivity contribution in [2.75, 3.05) is 36.9 Å². The van der Waals surface area contributed by atoms with E-state index in [2.05, 4.69) is 25.9 Å². The zero-order valence-electron chi connectivity index (χ0n) is 22.9. The molecule has 4 amide bonds. The standard InChI is InChI=1S/C30H29N7O4S/c1-31-14-5-10-24(38)36-16-6-7-19(18-36)34-28(39)27-26-25-22(13-15-32-29(25)42-27)37(30(40)35-26)23-12-11-21(17-33-23)41-20-8-3-2-4-9-20/h2-5,8-13,15,17,19,31H,6-7,14,16,18H2,1H3,(H,34,39)(H,35,40)/b10-5+. The molecule has 42 heavy (non-hydrogen) atoms. The molecule has 3 N–H and O–H groups in total. The summed E-state index contributed by atoms with van der Waals surface area (Å²) < 4.78 is 5.83. The van der Waals surface area contributed by atoms with E-state index < -0.39 is 6.03 Å². The number of anilines is 3. The van der Waals surface area contributed by atoms with Gasteiger partial charge in [-0.05, 0) is 50.2 Å². The van der Waals surface area contributed by atoms with E-state index in [-0.39, 0.29) is 17.9 Å². The molecule has 2 aliphatic heterocycles. The van der Waals surface area contributed by atoms with Gasteiger partial charge in [-0.1, -0.05) is 24.3 Å². The van der Waals surface area contributed by atoms with Crippen molar-refractivity contribution in [1.29, 1.82) is 0 Å². The fraction of sp³-hybridized carbons (Fsp3) is 0.233. The SMILES string of the molecule is CNC/C=C/C(=O)N1CCCC(NC(=O)c2sc3nccc4c3c2NC(=O)N4c2ccc(Oc3ccccc3)cn2)C1. The van der Waals surface area contributed by atoms with Crippen molar-refractivity contribution in [3.05, 3.63) is 78.0 Å². The Morgan fingerprint density at radius 2 is 2.00 bits per heavy atom. The number of likely N-dealkylation sites (N-methyl/N-ethyl adjacent to an activating group) is 1. The number of aromatic nitrogens is 2. The van der Waals surface area contributed by atoms with E-state index in [4.69, 9.17) is 4.74 Å². The van der Waals surface area contributed by atoms with Gasteiger partial charge < -0.3 is 25.6 Å². The monoisotopic (exact) mass is 583 g/mol. The third kappa shape index (κ3) is 5.54. The second-order valence-corrected chi connectivity index (χ2v) is 10.9. The minimum absolute atomic E-state index is 0.0735. The smallest absolute Gasteiger partial charge is 0.332 e. The van der Waals surface area contributed by atoms with Crippen LogP contribution in [0.4, 0.5) is 22.0 Å². The van der Waals surface area contributed by atoms with Gasteiger partial charge in [0.15, 0.2) is 0 Å². The molecule has 1 unspecified atom stereocenters. The molecule has 4 aromatic rings. The fourth-order valence-corrected chi connectivity index (χ4v) is 6.11. The molecule has 2 aliphatic rings. The van der Waals surface area contributed by atoms with Gasteiger partial charge in [-0.15, -0.1) is 11.3 Å². The van der Waals surface area contributed by atoms with E-state index in [9.17, 15) is 14.4 Å². The van der Waals surface area contributed by atoms with E-state index in [1.165, 1.54) is 16.2 Å². The van der Waals surface area contributed by atoms with Gasteiger partial charge in [0.2, 0.25) is 5.91 Å². The third-order valence-corrected chi connectivity index (χ3v) is 8.13. The molecule has 0 aliphatic carbocycles. The lowest BCUT2D eigenvalue weighted by molar-refractivity contribution is -0.127. The Balaban J connectivity index is 1.21. The number of hydrogen-bond donors (Lipinski definition) is 3. The zero-order valence-corrected chi connectivity index (χ0v) is 23.7.